The smallest absolute Gasteiger partial charge is 0.323 e. The maximum Gasteiger partial charge on any atom is 0.323 e. The SMILES string of the molecule is C=C1CC(C(=O)OC)(C(=O)OC)CC1CO. The number of hydrogen-bond donors (Lipinski definition) is 1. The van der Waals surface area contributed by atoms with E-state index in [-0.39, 0.29) is 25.4 Å². The first kappa shape index (κ1) is 12.7. The van der Waals surface area contributed by atoms with Gasteiger partial charge < -0.3 is 14.6 Å². The van der Waals surface area contributed by atoms with Crippen LogP contribution < -0.4 is 0 Å². The molecule has 0 aliphatic heterocycles. The van der Waals surface area contributed by atoms with Crippen molar-refractivity contribution in [1.82, 2.24) is 0 Å². The molecule has 0 spiro atoms. The first-order chi connectivity index (χ1) is 7.51. The fraction of sp³-hybridized carbons (Fsp3) is 0.636. The molecule has 0 aromatic rings. The van der Waals surface area contributed by atoms with Gasteiger partial charge in [0.1, 0.15) is 0 Å². The van der Waals surface area contributed by atoms with Crippen molar-refractivity contribution >= 4 is 11.9 Å². The number of rotatable bonds is 3. The van der Waals surface area contributed by atoms with Crippen molar-refractivity contribution in [3.63, 3.8) is 0 Å². The van der Waals surface area contributed by atoms with Crippen LogP contribution in [0.3, 0.4) is 0 Å². The van der Waals surface area contributed by atoms with Gasteiger partial charge in [-0.1, -0.05) is 12.2 Å². The second-order valence-corrected chi connectivity index (χ2v) is 3.98. The van der Waals surface area contributed by atoms with E-state index in [0.717, 1.165) is 0 Å². The van der Waals surface area contributed by atoms with Crippen LogP contribution in [0.1, 0.15) is 12.8 Å². The van der Waals surface area contributed by atoms with E-state index in [9.17, 15) is 9.59 Å². The van der Waals surface area contributed by atoms with Gasteiger partial charge in [-0.3, -0.25) is 9.59 Å². The standard InChI is InChI=1S/C11H16O5/c1-7-4-11(9(13)15-2,10(14)16-3)5-8(7)6-12/h8,12H,1,4-6H2,2-3H3. The molecule has 1 N–H and O–H groups in total. The lowest BCUT2D eigenvalue weighted by Gasteiger charge is -2.22. The van der Waals surface area contributed by atoms with Gasteiger partial charge in [-0.2, -0.15) is 0 Å². The molecule has 16 heavy (non-hydrogen) atoms. The van der Waals surface area contributed by atoms with E-state index in [4.69, 9.17) is 5.11 Å². The van der Waals surface area contributed by atoms with Crippen LogP contribution >= 0.6 is 0 Å². The Kier molecular flexibility index (Phi) is 3.70. The summed E-state index contributed by atoms with van der Waals surface area (Å²) in [5.74, 6) is -1.51. The Labute approximate surface area is 94.0 Å². The first-order valence-electron chi connectivity index (χ1n) is 4.97. The van der Waals surface area contributed by atoms with Gasteiger partial charge in [-0.05, 0) is 12.8 Å². The number of carbonyl (C=O) groups is 2. The quantitative estimate of drug-likeness (QED) is 0.426. The second-order valence-electron chi connectivity index (χ2n) is 3.98. The Bertz CT molecular complexity index is 304. The van der Waals surface area contributed by atoms with Crippen LogP contribution in [-0.4, -0.2) is 37.9 Å². The van der Waals surface area contributed by atoms with E-state index >= 15 is 0 Å². The van der Waals surface area contributed by atoms with Crippen molar-refractivity contribution in [2.75, 3.05) is 20.8 Å². The van der Waals surface area contributed by atoms with Gasteiger partial charge in [0.2, 0.25) is 0 Å². The van der Waals surface area contributed by atoms with Gasteiger partial charge in [0.05, 0.1) is 14.2 Å². The van der Waals surface area contributed by atoms with E-state index in [1.165, 1.54) is 14.2 Å². The maximum atomic E-state index is 11.7. The van der Waals surface area contributed by atoms with Gasteiger partial charge in [0.25, 0.3) is 0 Å². The summed E-state index contributed by atoms with van der Waals surface area (Å²) in [5.41, 5.74) is -0.646. The predicted molar refractivity (Wildman–Crippen MR) is 55.4 cm³/mol. The van der Waals surface area contributed by atoms with Crippen LogP contribution in [0.4, 0.5) is 0 Å². The van der Waals surface area contributed by atoms with E-state index in [0.29, 0.717) is 5.57 Å². The molecule has 0 aromatic heterocycles. The number of ether oxygens (including phenoxy) is 2. The molecule has 0 amide bonds. The zero-order chi connectivity index (χ0) is 12.3. The molecule has 1 atom stereocenters. The molecular formula is C11H16O5. The number of aliphatic hydroxyl groups is 1. The van der Waals surface area contributed by atoms with Gasteiger partial charge in [-0.15, -0.1) is 0 Å². The number of hydrogen-bond acceptors (Lipinski definition) is 5. The second kappa shape index (κ2) is 4.65. The molecule has 0 bridgehead atoms. The molecule has 90 valence electrons. The van der Waals surface area contributed by atoms with Crippen LogP contribution in [0.5, 0.6) is 0 Å². The third kappa shape index (κ3) is 1.82. The molecular weight excluding hydrogens is 212 g/mol. The zero-order valence-electron chi connectivity index (χ0n) is 9.49. The van der Waals surface area contributed by atoms with Gasteiger partial charge in [0, 0.05) is 12.5 Å². The van der Waals surface area contributed by atoms with Crippen LogP contribution in [0, 0.1) is 11.3 Å². The van der Waals surface area contributed by atoms with Gasteiger partial charge in [-0.25, -0.2) is 0 Å². The minimum Gasteiger partial charge on any atom is -0.468 e. The molecule has 1 unspecified atom stereocenters. The van der Waals surface area contributed by atoms with Crippen molar-refractivity contribution in [1.29, 1.82) is 0 Å². The van der Waals surface area contributed by atoms with E-state index in [1.807, 2.05) is 0 Å². The fourth-order valence-electron chi connectivity index (χ4n) is 2.15. The lowest BCUT2D eigenvalue weighted by molar-refractivity contribution is -0.168. The van der Waals surface area contributed by atoms with Crippen molar-refractivity contribution in [3.8, 4) is 0 Å². The molecule has 1 saturated carbocycles. The molecule has 0 aromatic carbocycles. The number of carbonyl (C=O) groups excluding carboxylic acids is 2. The van der Waals surface area contributed by atoms with Crippen LogP contribution in [0.2, 0.25) is 0 Å². The minimum absolute atomic E-state index is 0.130. The first-order valence-corrected chi connectivity index (χ1v) is 4.97. The average Bonchev–Trinajstić information content (AvgIpc) is 2.65. The summed E-state index contributed by atoms with van der Waals surface area (Å²) >= 11 is 0. The summed E-state index contributed by atoms with van der Waals surface area (Å²) in [6, 6.07) is 0. The van der Waals surface area contributed by atoms with Crippen molar-refractivity contribution in [2.24, 2.45) is 11.3 Å². The van der Waals surface area contributed by atoms with E-state index < -0.39 is 17.4 Å². The third-order valence-electron chi connectivity index (χ3n) is 3.07. The highest BCUT2D eigenvalue weighted by molar-refractivity contribution is 6.01. The average molecular weight is 228 g/mol. The minimum atomic E-state index is -1.33. The molecule has 1 fully saturated rings. The highest BCUT2D eigenvalue weighted by Crippen LogP contribution is 2.46. The monoisotopic (exact) mass is 228 g/mol. The van der Waals surface area contributed by atoms with E-state index in [1.54, 1.807) is 0 Å². The van der Waals surface area contributed by atoms with E-state index in [2.05, 4.69) is 16.1 Å². The Morgan fingerprint density at radius 2 is 1.94 bits per heavy atom. The molecule has 0 radical (unpaired) electrons. The molecule has 0 heterocycles. The van der Waals surface area contributed by atoms with Gasteiger partial charge >= 0.3 is 11.9 Å². The highest BCUT2D eigenvalue weighted by atomic mass is 16.5. The summed E-state index contributed by atoms with van der Waals surface area (Å²) < 4.78 is 9.28. The summed E-state index contributed by atoms with van der Waals surface area (Å²) in [6.07, 6.45) is 0.374. The Balaban J connectivity index is 3.04. The molecule has 1 rings (SSSR count). The van der Waals surface area contributed by atoms with Crippen LogP contribution in [0.15, 0.2) is 12.2 Å². The summed E-state index contributed by atoms with van der Waals surface area (Å²) in [5, 5.41) is 9.11. The topological polar surface area (TPSA) is 72.8 Å². The summed E-state index contributed by atoms with van der Waals surface area (Å²) in [6.45, 7) is 3.63. The predicted octanol–water partition coefficient (Wildman–Crippen LogP) is 0.277. The van der Waals surface area contributed by atoms with Crippen molar-refractivity contribution in [2.45, 2.75) is 12.8 Å². The van der Waals surface area contributed by atoms with Crippen LogP contribution in [0.25, 0.3) is 0 Å². The number of methoxy groups -OCH3 is 2. The lowest BCUT2D eigenvalue weighted by Crippen LogP contribution is -2.39. The van der Waals surface area contributed by atoms with Crippen molar-refractivity contribution < 1.29 is 24.2 Å². The fourth-order valence-corrected chi connectivity index (χ4v) is 2.15. The van der Waals surface area contributed by atoms with Crippen molar-refractivity contribution in [3.05, 3.63) is 12.2 Å². The Morgan fingerprint density at radius 3 is 2.25 bits per heavy atom. The zero-order valence-corrected chi connectivity index (χ0v) is 9.49. The molecule has 1 aliphatic carbocycles. The largest absolute Gasteiger partial charge is 0.468 e. The third-order valence-corrected chi connectivity index (χ3v) is 3.07. The summed E-state index contributed by atoms with van der Waals surface area (Å²) in [4.78, 5) is 23.4. The Morgan fingerprint density at radius 1 is 1.44 bits per heavy atom. The molecule has 0 saturated heterocycles. The normalized spacial score (nSPS) is 22.9. The Hall–Kier alpha value is -1.36. The van der Waals surface area contributed by atoms with Crippen LogP contribution in [-0.2, 0) is 19.1 Å². The number of aliphatic hydroxyl groups excluding tert-OH is 1. The number of esters is 2. The highest BCUT2D eigenvalue weighted by Gasteiger charge is 2.54. The van der Waals surface area contributed by atoms with Gasteiger partial charge in [0.15, 0.2) is 5.41 Å². The lowest BCUT2D eigenvalue weighted by atomic mass is 9.85. The molecule has 5 nitrogen and oxygen atoms in total. The molecule has 1 aliphatic rings. The molecule has 5 heteroatoms. The summed E-state index contributed by atoms with van der Waals surface area (Å²) in [7, 11) is 2.45. The maximum absolute atomic E-state index is 11.7.